The van der Waals surface area contributed by atoms with E-state index < -0.39 is 0 Å². The maximum atomic E-state index is 5.82. The number of hydrogen-bond acceptors (Lipinski definition) is 3. The Morgan fingerprint density at radius 1 is 1.56 bits per heavy atom. The highest BCUT2D eigenvalue weighted by Crippen LogP contribution is 2.33. The predicted molar refractivity (Wildman–Crippen MR) is 76.1 cm³/mol. The molecule has 0 aromatic heterocycles. The van der Waals surface area contributed by atoms with E-state index in [9.17, 15) is 0 Å². The van der Waals surface area contributed by atoms with Gasteiger partial charge >= 0.3 is 0 Å². The van der Waals surface area contributed by atoms with Crippen molar-refractivity contribution in [2.45, 2.75) is 31.9 Å². The number of methoxy groups -OCH3 is 1. The summed E-state index contributed by atoms with van der Waals surface area (Å²) < 4.78 is 12.1. The SMILES string of the molecule is CCNC(c1ccc(OC)cc1Br)C1CCCO1. The molecule has 1 aromatic carbocycles. The van der Waals surface area contributed by atoms with Crippen molar-refractivity contribution in [2.75, 3.05) is 20.3 Å². The van der Waals surface area contributed by atoms with E-state index in [1.54, 1.807) is 7.11 Å². The molecule has 3 nitrogen and oxygen atoms in total. The van der Waals surface area contributed by atoms with Crippen LogP contribution in [0.1, 0.15) is 31.4 Å². The molecule has 0 spiro atoms. The van der Waals surface area contributed by atoms with Gasteiger partial charge in [-0.1, -0.05) is 28.9 Å². The van der Waals surface area contributed by atoms with Crippen molar-refractivity contribution in [3.63, 3.8) is 0 Å². The molecule has 1 heterocycles. The Morgan fingerprint density at radius 3 is 2.94 bits per heavy atom. The molecule has 2 unspecified atom stereocenters. The average molecular weight is 314 g/mol. The summed E-state index contributed by atoms with van der Waals surface area (Å²) in [6.45, 7) is 3.93. The zero-order chi connectivity index (χ0) is 13.0. The summed E-state index contributed by atoms with van der Waals surface area (Å²) in [7, 11) is 1.68. The molecule has 1 N–H and O–H groups in total. The molecule has 1 saturated heterocycles. The summed E-state index contributed by atoms with van der Waals surface area (Å²) >= 11 is 3.63. The predicted octanol–water partition coefficient (Wildman–Crippen LogP) is 3.29. The first-order valence-electron chi connectivity index (χ1n) is 6.44. The highest BCUT2D eigenvalue weighted by atomic mass is 79.9. The van der Waals surface area contributed by atoms with Crippen LogP contribution in [0.4, 0.5) is 0 Å². The minimum atomic E-state index is 0.248. The van der Waals surface area contributed by atoms with Gasteiger partial charge in [0.05, 0.1) is 19.3 Å². The van der Waals surface area contributed by atoms with E-state index in [4.69, 9.17) is 9.47 Å². The van der Waals surface area contributed by atoms with Crippen molar-refractivity contribution in [2.24, 2.45) is 0 Å². The molecule has 4 heteroatoms. The Labute approximate surface area is 117 Å². The second-order valence-corrected chi connectivity index (χ2v) is 5.33. The van der Waals surface area contributed by atoms with Crippen LogP contribution >= 0.6 is 15.9 Å². The molecule has 18 heavy (non-hydrogen) atoms. The van der Waals surface area contributed by atoms with Gasteiger partial charge in [-0.15, -0.1) is 0 Å². The van der Waals surface area contributed by atoms with Crippen molar-refractivity contribution in [3.05, 3.63) is 28.2 Å². The van der Waals surface area contributed by atoms with E-state index in [0.717, 1.165) is 36.2 Å². The third-order valence-corrected chi connectivity index (χ3v) is 3.99. The minimum absolute atomic E-state index is 0.248. The maximum absolute atomic E-state index is 5.82. The van der Waals surface area contributed by atoms with Crippen LogP contribution in [0.15, 0.2) is 22.7 Å². The van der Waals surface area contributed by atoms with E-state index >= 15 is 0 Å². The van der Waals surface area contributed by atoms with Gasteiger partial charge in [0.25, 0.3) is 0 Å². The van der Waals surface area contributed by atoms with Crippen LogP contribution in [0.2, 0.25) is 0 Å². The Balaban J connectivity index is 2.23. The van der Waals surface area contributed by atoms with E-state index in [-0.39, 0.29) is 12.1 Å². The molecule has 0 saturated carbocycles. The summed E-state index contributed by atoms with van der Waals surface area (Å²) in [6.07, 6.45) is 2.55. The summed E-state index contributed by atoms with van der Waals surface area (Å²) in [6, 6.07) is 6.36. The zero-order valence-electron chi connectivity index (χ0n) is 10.9. The van der Waals surface area contributed by atoms with Crippen molar-refractivity contribution >= 4 is 15.9 Å². The van der Waals surface area contributed by atoms with Gasteiger partial charge in [-0.05, 0) is 37.1 Å². The van der Waals surface area contributed by atoms with E-state index in [1.165, 1.54) is 5.56 Å². The Bertz CT molecular complexity index is 391. The van der Waals surface area contributed by atoms with Crippen molar-refractivity contribution in [3.8, 4) is 5.75 Å². The van der Waals surface area contributed by atoms with E-state index in [1.807, 2.05) is 12.1 Å². The molecule has 0 aliphatic carbocycles. The molecule has 1 fully saturated rings. The molecule has 100 valence electrons. The molecule has 0 bridgehead atoms. The highest BCUT2D eigenvalue weighted by Gasteiger charge is 2.28. The lowest BCUT2D eigenvalue weighted by molar-refractivity contribution is 0.0786. The number of ether oxygens (including phenoxy) is 2. The van der Waals surface area contributed by atoms with Crippen molar-refractivity contribution < 1.29 is 9.47 Å². The number of hydrogen-bond donors (Lipinski definition) is 1. The molecular formula is C14H20BrNO2. The lowest BCUT2D eigenvalue weighted by Gasteiger charge is -2.25. The number of likely N-dealkylation sites (N-methyl/N-ethyl adjacent to an activating group) is 1. The number of halogens is 1. The molecule has 1 aromatic rings. The van der Waals surface area contributed by atoms with Gasteiger partial charge in [0.15, 0.2) is 0 Å². The van der Waals surface area contributed by atoms with Crippen molar-refractivity contribution in [1.82, 2.24) is 5.32 Å². The van der Waals surface area contributed by atoms with Crippen LogP contribution < -0.4 is 10.1 Å². The molecule has 1 aliphatic heterocycles. The van der Waals surface area contributed by atoms with E-state index in [2.05, 4.69) is 34.2 Å². The Hall–Kier alpha value is -0.580. The monoisotopic (exact) mass is 313 g/mol. The molecule has 2 atom stereocenters. The number of nitrogens with one attached hydrogen (secondary N) is 1. The van der Waals surface area contributed by atoms with Gasteiger partial charge in [-0.2, -0.15) is 0 Å². The van der Waals surface area contributed by atoms with Crippen LogP contribution in [-0.2, 0) is 4.74 Å². The quantitative estimate of drug-likeness (QED) is 0.905. The topological polar surface area (TPSA) is 30.5 Å². The maximum Gasteiger partial charge on any atom is 0.120 e. The lowest BCUT2D eigenvalue weighted by atomic mass is 9.99. The number of benzene rings is 1. The van der Waals surface area contributed by atoms with Crippen LogP contribution in [0, 0.1) is 0 Å². The first-order valence-corrected chi connectivity index (χ1v) is 7.24. The number of rotatable bonds is 5. The first-order chi connectivity index (χ1) is 8.76. The van der Waals surface area contributed by atoms with Gasteiger partial charge in [-0.25, -0.2) is 0 Å². The van der Waals surface area contributed by atoms with Crippen LogP contribution in [0.5, 0.6) is 5.75 Å². The van der Waals surface area contributed by atoms with Gasteiger partial charge < -0.3 is 14.8 Å². The summed E-state index contributed by atoms with van der Waals surface area (Å²) in [5.41, 5.74) is 1.24. The van der Waals surface area contributed by atoms with Gasteiger partial charge in [0.2, 0.25) is 0 Å². The Kier molecular flexibility index (Phi) is 5.03. The second-order valence-electron chi connectivity index (χ2n) is 4.47. The summed E-state index contributed by atoms with van der Waals surface area (Å²) in [5.74, 6) is 0.869. The molecule has 2 rings (SSSR count). The molecule has 0 amide bonds. The molecular weight excluding hydrogens is 294 g/mol. The lowest BCUT2D eigenvalue weighted by Crippen LogP contribution is -2.31. The van der Waals surface area contributed by atoms with Crippen molar-refractivity contribution in [1.29, 1.82) is 0 Å². The van der Waals surface area contributed by atoms with Crippen LogP contribution in [-0.4, -0.2) is 26.4 Å². The molecule has 0 radical (unpaired) electrons. The summed E-state index contributed by atoms with van der Waals surface area (Å²) in [5, 5.41) is 3.52. The Morgan fingerprint density at radius 2 is 2.39 bits per heavy atom. The van der Waals surface area contributed by atoms with E-state index in [0.29, 0.717) is 0 Å². The van der Waals surface area contributed by atoms with Crippen LogP contribution in [0.3, 0.4) is 0 Å². The first kappa shape index (κ1) is 13.8. The minimum Gasteiger partial charge on any atom is -0.497 e. The second kappa shape index (κ2) is 6.55. The zero-order valence-corrected chi connectivity index (χ0v) is 12.5. The highest BCUT2D eigenvalue weighted by molar-refractivity contribution is 9.10. The van der Waals surface area contributed by atoms with Gasteiger partial charge in [0, 0.05) is 11.1 Å². The average Bonchev–Trinajstić information content (AvgIpc) is 2.90. The largest absolute Gasteiger partial charge is 0.497 e. The normalized spacial score (nSPS) is 20.9. The molecule has 1 aliphatic rings. The fraction of sp³-hybridized carbons (Fsp3) is 0.571. The fourth-order valence-corrected chi connectivity index (χ4v) is 3.02. The van der Waals surface area contributed by atoms with Gasteiger partial charge in [-0.3, -0.25) is 0 Å². The third-order valence-electron chi connectivity index (χ3n) is 3.30. The third kappa shape index (κ3) is 3.05. The van der Waals surface area contributed by atoms with Gasteiger partial charge in [0.1, 0.15) is 5.75 Å². The summed E-state index contributed by atoms with van der Waals surface area (Å²) in [4.78, 5) is 0. The fourth-order valence-electron chi connectivity index (χ4n) is 2.41. The smallest absolute Gasteiger partial charge is 0.120 e. The standard InChI is InChI=1S/C14H20BrNO2/c1-3-16-14(13-5-4-8-18-13)11-7-6-10(17-2)9-12(11)15/h6-7,9,13-14,16H,3-5,8H2,1-2H3. The van der Waals surface area contributed by atoms with Crippen LogP contribution in [0.25, 0.3) is 0 Å².